The van der Waals surface area contributed by atoms with Gasteiger partial charge in [0.1, 0.15) is 22.5 Å². The third kappa shape index (κ3) is 8.05. The number of hydrogen-bond donors (Lipinski definition) is 3. The molecule has 3 N–H and O–H groups in total. The van der Waals surface area contributed by atoms with Crippen molar-refractivity contribution >= 4 is 35.0 Å². The van der Waals surface area contributed by atoms with Gasteiger partial charge in [-0.2, -0.15) is 0 Å². The minimum Gasteiger partial charge on any atom is -0.443 e. The maximum atomic E-state index is 13.8. The van der Waals surface area contributed by atoms with Crippen LogP contribution in [0.5, 0.6) is 0 Å². The van der Waals surface area contributed by atoms with Gasteiger partial charge in [0.15, 0.2) is 5.69 Å². The Labute approximate surface area is 271 Å². The van der Waals surface area contributed by atoms with Gasteiger partial charge in [-0.1, -0.05) is 74.5 Å². The number of thiazole rings is 1. The molecule has 0 saturated heterocycles. The zero-order chi connectivity index (χ0) is 32.8. The third-order valence-electron chi connectivity index (χ3n) is 7.74. The van der Waals surface area contributed by atoms with Crippen LogP contribution >= 0.6 is 11.3 Å². The van der Waals surface area contributed by atoms with Crippen molar-refractivity contribution in [1.29, 1.82) is 0 Å². The Bertz CT molecular complexity index is 1690. The summed E-state index contributed by atoms with van der Waals surface area (Å²) in [6.45, 7) is 7.04. The van der Waals surface area contributed by atoms with Crippen molar-refractivity contribution in [2.24, 2.45) is 5.92 Å². The van der Waals surface area contributed by atoms with Crippen LogP contribution in [0.15, 0.2) is 70.5 Å². The first-order valence-electron chi connectivity index (χ1n) is 15.3. The molecule has 0 aliphatic carbocycles. The fraction of sp³-hybridized carbons (Fsp3) is 0.353. The molecule has 2 aromatic carbocycles. The van der Waals surface area contributed by atoms with Gasteiger partial charge >= 0.3 is 0 Å². The van der Waals surface area contributed by atoms with Gasteiger partial charge < -0.3 is 25.3 Å². The summed E-state index contributed by atoms with van der Waals surface area (Å²) in [7, 11) is 0. The predicted molar refractivity (Wildman–Crippen MR) is 173 cm³/mol. The van der Waals surface area contributed by atoms with Crippen molar-refractivity contribution < 1.29 is 23.6 Å². The van der Waals surface area contributed by atoms with Crippen LogP contribution in [-0.2, 0) is 22.4 Å². The number of carbonyl (C=O) groups excluding carboxylic acids is 4. The van der Waals surface area contributed by atoms with Crippen molar-refractivity contribution in [2.45, 2.75) is 58.7 Å². The molecule has 1 aliphatic rings. The highest BCUT2D eigenvalue weighted by atomic mass is 32.1. The van der Waals surface area contributed by atoms with E-state index in [0.29, 0.717) is 17.2 Å². The molecule has 0 unspecified atom stereocenters. The fourth-order valence-electron chi connectivity index (χ4n) is 5.31. The molecular formula is C34H38N6O5S. The lowest BCUT2D eigenvalue weighted by atomic mass is 10.0. The second kappa shape index (κ2) is 14.5. The van der Waals surface area contributed by atoms with E-state index < -0.39 is 35.8 Å². The highest BCUT2D eigenvalue weighted by molar-refractivity contribution is 7.09. The molecular weight excluding hydrogens is 604 g/mol. The Morgan fingerprint density at radius 2 is 1.63 bits per heavy atom. The molecule has 0 radical (unpaired) electrons. The third-order valence-corrected chi connectivity index (χ3v) is 8.76. The quantitative estimate of drug-likeness (QED) is 0.296. The number of nitrogens with zero attached hydrogens (tertiary/aromatic N) is 3. The first-order chi connectivity index (χ1) is 22.1. The van der Waals surface area contributed by atoms with Gasteiger partial charge in [0.05, 0.1) is 25.0 Å². The van der Waals surface area contributed by atoms with Crippen LogP contribution in [0.25, 0.3) is 0 Å². The minimum absolute atomic E-state index is 0.0811. The number of hydrogen-bond acceptors (Lipinski definition) is 8. The van der Waals surface area contributed by atoms with E-state index in [-0.39, 0.29) is 48.6 Å². The van der Waals surface area contributed by atoms with E-state index in [0.717, 1.165) is 11.1 Å². The summed E-state index contributed by atoms with van der Waals surface area (Å²) in [6.07, 6.45) is 0.498. The lowest BCUT2D eigenvalue weighted by Gasteiger charge is -2.29. The molecule has 11 nitrogen and oxygen atoms in total. The van der Waals surface area contributed by atoms with Crippen molar-refractivity contribution in [1.82, 2.24) is 30.8 Å². The van der Waals surface area contributed by atoms with Gasteiger partial charge in [-0.15, -0.1) is 11.3 Å². The number of carbonyl (C=O) groups is 4. The van der Waals surface area contributed by atoms with Gasteiger partial charge in [-0.05, 0) is 37.3 Å². The van der Waals surface area contributed by atoms with E-state index >= 15 is 0 Å². The smallest absolute Gasteiger partial charge is 0.274 e. The summed E-state index contributed by atoms with van der Waals surface area (Å²) in [5, 5.41) is 11.1. The number of amides is 4. The minimum atomic E-state index is -0.656. The molecule has 3 heterocycles. The van der Waals surface area contributed by atoms with Crippen LogP contribution in [0.4, 0.5) is 0 Å². The number of aromatic nitrogens is 2. The van der Waals surface area contributed by atoms with Crippen LogP contribution in [0.2, 0.25) is 0 Å². The molecule has 0 saturated carbocycles. The van der Waals surface area contributed by atoms with Crippen LogP contribution < -0.4 is 16.0 Å². The van der Waals surface area contributed by atoms with Crippen molar-refractivity contribution in [3.8, 4) is 0 Å². The summed E-state index contributed by atoms with van der Waals surface area (Å²) in [4.78, 5) is 64.6. The maximum absolute atomic E-state index is 13.8. The average Bonchev–Trinajstić information content (AvgIpc) is 3.67. The molecule has 3 atom stereocenters. The Morgan fingerprint density at radius 1 is 0.957 bits per heavy atom. The molecule has 46 heavy (non-hydrogen) atoms. The van der Waals surface area contributed by atoms with Gasteiger partial charge in [0, 0.05) is 11.9 Å². The Kier molecular flexibility index (Phi) is 10.3. The molecule has 12 heteroatoms. The number of oxazole rings is 1. The largest absolute Gasteiger partial charge is 0.443 e. The molecule has 4 bridgehead atoms. The van der Waals surface area contributed by atoms with E-state index in [1.807, 2.05) is 74.5 Å². The molecule has 5 rings (SSSR count). The number of benzene rings is 2. The van der Waals surface area contributed by atoms with Crippen LogP contribution in [0.3, 0.4) is 0 Å². The number of fused-ring (bicyclic) bond motifs is 4. The van der Waals surface area contributed by atoms with Crippen LogP contribution in [0.1, 0.15) is 81.6 Å². The zero-order valence-electron chi connectivity index (χ0n) is 26.3. The number of nitrogens with one attached hydrogen (secondary N) is 3. The average molecular weight is 643 g/mol. The standard InChI is InChI=1S/C34H38N6O5S/c1-20(2)29-33-39-30(22(4)45-33)32(44)35-21(3)34-37-26(19-46-34)31(43)36-25(15-23-11-7-5-8-12-23)17-40(18-27(41)38-29)28(42)16-24-13-9-6-10-14-24/h5-14,19-21,25,29H,15-18H2,1-4H3,(H,35,44)(H,36,43)(H,38,41)/t21-,25-,29+/m1/s1. The van der Waals surface area contributed by atoms with E-state index in [1.54, 1.807) is 19.2 Å². The normalized spacial score (nSPS) is 19.5. The summed E-state index contributed by atoms with van der Waals surface area (Å²) in [6, 6.07) is 17.2. The van der Waals surface area contributed by atoms with Crippen molar-refractivity contribution in [3.63, 3.8) is 0 Å². The molecule has 4 aromatic rings. The van der Waals surface area contributed by atoms with Crippen LogP contribution in [-0.4, -0.2) is 57.6 Å². The first-order valence-corrected chi connectivity index (χ1v) is 16.1. The summed E-state index contributed by atoms with van der Waals surface area (Å²) in [5.74, 6) is -1.20. The van der Waals surface area contributed by atoms with E-state index in [2.05, 4.69) is 25.9 Å². The second-order valence-electron chi connectivity index (χ2n) is 11.8. The Hall–Kier alpha value is -4.84. The number of rotatable bonds is 5. The van der Waals surface area contributed by atoms with Crippen molar-refractivity contribution in [2.75, 3.05) is 13.1 Å². The van der Waals surface area contributed by atoms with Crippen LogP contribution in [0, 0.1) is 12.8 Å². The molecule has 1 aliphatic heterocycles. The zero-order valence-corrected chi connectivity index (χ0v) is 27.1. The lowest BCUT2D eigenvalue weighted by Crippen LogP contribution is -2.50. The summed E-state index contributed by atoms with van der Waals surface area (Å²) < 4.78 is 5.90. The van der Waals surface area contributed by atoms with E-state index in [1.165, 1.54) is 16.2 Å². The molecule has 0 fully saturated rings. The second-order valence-corrected chi connectivity index (χ2v) is 12.7. The topological polar surface area (TPSA) is 147 Å². The first kappa shape index (κ1) is 32.6. The maximum Gasteiger partial charge on any atom is 0.274 e. The lowest BCUT2D eigenvalue weighted by molar-refractivity contribution is -0.136. The number of aryl methyl sites for hydroxylation is 1. The fourth-order valence-corrected chi connectivity index (χ4v) is 6.11. The van der Waals surface area contributed by atoms with Gasteiger partial charge in [-0.3, -0.25) is 19.2 Å². The highest BCUT2D eigenvalue weighted by Gasteiger charge is 2.30. The molecule has 2 aromatic heterocycles. The van der Waals surface area contributed by atoms with E-state index in [9.17, 15) is 19.2 Å². The van der Waals surface area contributed by atoms with Gasteiger partial charge in [-0.25, -0.2) is 9.97 Å². The van der Waals surface area contributed by atoms with Gasteiger partial charge in [0.2, 0.25) is 17.7 Å². The molecule has 240 valence electrons. The summed E-state index contributed by atoms with van der Waals surface area (Å²) >= 11 is 1.26. The molecule has 0 spiro atoms. The SMILES string of the molecule is Cc1oc2nc1C(=O)N[C@H](C)c1nc(cs1)C(=O)N[C@H](Cc1ccccc1)CN(C(=O)Cc1ccccc1)CC(=O)N[C@H]2C(C)C. The Balaban J connectivity index is 1.52. The van der Waals surface area contributed by atoms with E-state index in [4.69, 9.17) is 4.42 Å². The summed E-state index contributed by atoms with van der Waals surface area (Å²) in [5.41, 5.74) is 2.06. The molecule has 4 amide bonds. The Morgan fingerprint density at radius 3 is 2.30 bits per heavy atom. The monoisotopic (exact) mass is 642 g/mol. The van der Waals surface area contributed by atoms with Gasteiger partial charge in [0.25, 0.3) is 11.8 Å². The highest BCUT2D eigenvalue weighted by Crippen LogP contribution is 2.25. The van der Waals surface area contributed by atoms with Crippen molar-refractivity contribution in [3.05, 3.63) is 105 Å². The predicted octanol–water partition coefficient (Wildman–Crippen LogP) is 4.17.